The zero-order chi connectivity index (χ0) is 14.3. The van der Waals surface area contributed by atoms with E-state index in [1.165, 1.54) is 0 Å². The van der Waals surface area contributed by atoms with E-state index in [4.69, 9.17) is 16.3 Å². The smallest absolute Gasteiger partial charge is 0.223 e. The van der Waals surface area contributed by atoms with Crippen LogP contribution in [0.2, 0.25) is 0 Å². The van der Waals surface area contributed by atoms with Gasteiger partial charge in [-0.2, -0.15) is 0 Å². The maximum atomic E-state index is 11.8. The highest BCUT2D eigenvalue weighted by atomic mass is 35.5. The van der Waals surface area contributed by atoms with Gasteiger partial charge in [0, 0.05) is 11.4 Å². The predicted octanol–water partition coefficient (Wildman–Crippen LogP) is 3.29. The van der Waals surface area contributed by atoms with Crippen molar-refractivity contribution in [3.8, 4) is 5.75 Å². The molecule has 1 aromatic carbocycles. The molecule has 1 rings (SSSR count). The van der Waals surface area contributed by atoms with Crippen LogP contribution in [0.5, 0.6) is 5.75 Å². The molecule has 19 heavy (non-hydrogen) atoms. The first-order valence-corrected chi connectivity index (χ1v) is 7.03. The molecule has 4 heteroatoms. The second-order valence-corrected chi connectivity index (χ2v) is 5.66. The van der Waals surface area contributed by atoms with Crippen LogP contribution >= 0.6 is 11.6 Å². The van der Waals surface area contributed by atoms with Gasteiger partial charge in [-0.3, -0.25) is 4.79 Å². The molecule has 0 saturated heterocycles. The van der Waals surface area contributed by atoms with Gasteiger partial charge < -0.3 is 10.1 Å². The SMILES string of the molecule is Cc1cccc(OCCC(=O)NC(C)(C)CCCl)c1. The minimum absolute atomic E-state index is 0.0113. The first-order chi connectivity index (χ1) is 8.93. The largest absolute Gasteiger partial charge is 0.493 e. The van der Waals surface area contributed by atoms with E-state index in [2.05, 4.69) is 5.32 Å². The molecule has 0 saturated carbocycles. The minimum Gasteiger partial charge on any atom is -0.493 e. The molecular formula is C15H22ClNO2. The zero-order valence-electron chi connectivity index (χ0n) is 11.8. The molecule has 0 heterocycles. The monoisotopic (exact) mass is 283 g/mol. The third kappa shape index (κ3) is 6.48. The lowest BCUT2D eigenvalue weighted by Gasteiger charge is -2.25. The molecule has 0 aliphatic rings. The molecule has 0 unspecified atom stereocenters. The summed E-state index contributed by atoms with van der Waals surface area (Å²) in [6.45, 7) is 6.32. The summed E-state index contributed by atoms with van der Waals surface area (Å²) in [5.41, 5.74) is 0.882. The number of alkyl halides is 1. The molecule has 0 aromatic heterocycles. The molecule has 1 aromatic rings. The Bertz CT molecular complexity index is 418. The van der Waals surface area contributed by atoms with E-state index in [0.29, 0.717) is 18.9 Å². The molecule has 0 aliphatic heterocycles. The van der Waals surface area contributed by atoms with E-state index in [1.807, 2.05) is 45.0 Å². The first kappa shape index (κ1) is 15.8. The van der Waals surface area contributed by atoms with Crippen molar-refractivity contribution < 1.29 is 9.53 Å². The van der Waals surface area contributed by atoms with Crippen molar-refractivity contribution in [1.29, 1.82) is 0 Å². The number of carbonyl (C=O) groups is 1. The quantitative estimate of drug-likeness (QED) is 0.780. The van der Waals surface area contributed by atoms with Gasteiger partial charge in [-0.25, -0.2) is 0 Å². The van der Waals surface area contributed by atoms with Gasteiger partial charge in [0.15, 0.2) is 0 Å². The summed E-state index contributed by atoms with van der Waals surface area (Å²) in [5.74, 6) is 1.32. The second kappa shape index (κ2) is 7.39. The highest BCUT2D eigenvalue weighted by Crippen LogP contribution is 2.13. The van der Waals surface area contributed by atoms with Gasteiger partial charge in [0.2, 0.25) is 5.91 Å². The van der Waals surface area contributed by atoms with Gasteiger partial charge in [0.1, 0.15) is 5.75 Å². The summed E-state index contributed by atoms with van der Waals surface area (Å²) in [7, 11) is 0. The molecular weight excluding hydrogens is 262 g/mol. The van der Waals surface area contributed by atoms with Crippen molar-refractivity contribution in [1.82, 2.24) is 5.32 Å². The average molecular weight is 284 g/mol. The van der Waals surface area contributed by atoms with Crippen molar-refractivity contribution >= 4 is 17.5 Å². The standard InChI is InChI=1S/C15H22ClNO2/c1-12-5-4-6-13(11-12)19-10-7-14(18)17-15(2,3)8-9-16/h4-6,11H,7-10H2,1-3H3,(H,17,18). The van der Waals surface area contributed by atoms with Gasteiger partial charge >= 0.3 is 0 Å². The number of halogens is 1. The number of hydrogen-bond acceptors (Lipinski definition) is 2. The molecule has 0 radical (unpaired) electrons. The number of ether oxygens (including phenoxy) is 1. The van der Waals surface area contributed by atoms with Gasteiger partial charge in [-0.05, 0) is 44.9 Å². The number of rotatable bonds is 7. The lowest BCUT2D eigenvalue weighted by atomic mass is 10.0. The number of hydrogen-bond donors (Lipinski definition) is 1. The average Bonchev–Trinajstić information content (AvgIpc) is 2.27. The highest BCUT2D eigenvalue weighted by molar-refractivity contribution is 6.17. The Balaban J connectivity index is 2.31. The van der Waals surface area contributed by atoms with Crippen molar-refractivity contribution in [2.75, 3.05) is 12.5 Å². The van der Waals surface area contributed by atoms with Gasteiger partial charge in [0.25, 0.3) is 0 Å². The molecule has 0 atom stereocenters. The van der Waals surface area contributed by atoms with Crippen LogP contribution in [-0.4, -0.2) is 23.9 Å². The molecule has 0 aliphatic carbocycles. The summed E-state index contributed by atoms with van der Waals surface area (Å²) >= 11 is 5.69. The Kier molecular flexibility index (Phi) is 6.16. The molecule has 106 valence electrons. The molecule has 0 fully saturated rings. The maximum Gasteiger partial charge on any atom is 0.223 e. The van der Waals surface area contributed by atoms with Crippen molar-refractivity contribution in [2.45, 2.75) is 39.2 Å². The van der Waals surface area contributed by atoms with E-state index in [0.717, 1.165) is 17.7 Å². The van der Waals surface area contributed by atoms with E-state index < -0.39 is 0 Å². The molecule has 1 N–H and O–H groups in total. The van der Waals surface area contributed by atoms with Crippen LogP contribution in [0.3, 0.4) is 0 Å². The molecule has 3 nitrogen and oxygen atoms in total. The Morgan fingerprint density at radius 3 is 2.79 bits per heavy atom. The number of aryl methyl sites for hydroxylation is 1. The van der Waals surface area contributed by atoms with Crippen LogP contribution in [0.1, 0.15) is 32.3 Å². The number of nitrogens with one attached hydrogen (secondary N) is 1. The summed E-state index contributed by atoms with van der Waals surface area (Å²) in [6.07, 6.45) is 1.10. The van der Waals surface area contributed by atoms with E-state index in [9.17, 15) is 4.79 Å². The van der Waals surface area contributed by atoms with E-state index in [1.54, 1.807) is 0 Å². The lowest BCUT2D eigenvalue weighted by molar-refractivity contribution is -0.123. The summed E-state index contributed by atoms with van der Waals surface area (Å²) < 4.78 is 5.55. The topological polar surface area (TPSA) is 38.3 Å². The molecule has 0 bridgehead atoms. The Labute approximate surface area is 120 Å². The van der Waals surface area contributed by atoms with E-state index >= 15 is 0 Å². The normalized spacial score (nSPS) is 11.2. The molecule has 1 amide bonds. The van der Waals surface area contributed by atoms with Crippen LogP contribution in [0.4, 0.5) is 0 Å². The summed E-state index contributed by atoms with van der Waals surface area (Å²) in [6, 6.07) is 7.79. The van der Waals surface area contributed by atoms with Gasteiger partial charge in [-0.1, -0.05) is 12.1 Å². The summed E-state index contributed by atoms with van der Waals surface area (Å²) in [4.78, 5) is 11.8. The van der Waals surface area contributed by atoms with Crippen LogP contribution in [0.25, 0.3) is 0 Å². The fourth-order valence-corrected chi connectivity index (χ4v) is 2.18. The lowest BCUT2D eigenvalue weighted by Crippen LogP contribution is -2.44. The summed E-state index contributed by atoms with van der Waals surface area (Å²) in [5, 5.41) is 2.95. The predicted molar refractivity (Wildman–Crippen MR) is 78.8 cm³/mol. The van der Waals surface area contributed by atoms with Gasteiger partial charge in [0.05, 0.1) is 13.0 Å². The zero-order valence-corrected chi connectivity index (χ0v) is 12.6. The minimum atomic E-state index is -0.262. The van der Waals surface area contributed by atoms with Crippen molar-refractivity contribution in [3.05, 3.63) is 29.8 Å². The van der Waals surface area contributed by atoms with E-state index in [-0.39, 0.29) is 11.4 Å². The first-order valence-electron chi connectivity index (χ1n) is 6.49. The van der Waals surface area contributed by atoms with Crippen LogP contribution in [-0.2, 0) is 4.79 Å². The third-order valence-corrected chi connectivity index (χ3v) is 2.97. The Hall–Kier alpha value is -1.22. The number of carbonyl (C=O) groups excluding carboxylic acids is 1. The van der Waals surface area contributed by atoms with Crippen molar-refractivity contribution in [2.24, 2.45) is 0 Å². The fraction of sp³-hybridized carbons (Fsp3) is 0.533. The highest BCUT2D eigenvalue weighted by Gasteiger charge is 2.19. The van der Waals surface area contributed by atoms with Gasteiger partial charge in [-0.15, -0.1) is 11.6 Å². The number of benzene rings is 1. The van der Waals surface area contributed by atoms with Crippen LogP contribution < -0.4 is 10.1 Å². The number of amides is 1. The maximum absolute atomic E-state index is 11.8. The second-order valence-electron chi connectivity index (χ2n) is 5.29. The van der Waals surface area contributed by atoms with Crippen LogP contribution in [0, 0.1) is 6.92 Å². The van der Waals surface area contributed by atoms with Crippen molar-refractivity contribution in [3.63, 3.8) is 0 Å². The third-order valence-electron chi connectivity index (χ3n) is 2.78. The Morgan fingerprint density at radius 2 is 2.16 bits per heavy atom. The van der Waals surface area contributed by atoms with Crippen LogP contribution in [0.15, 0.2) is 24.3 Å². The Morgan fingerprint density at radius 1 is 1.42 bits per heavy atom. The fourth-order valence-electron chi connectivity index (χ4n) is 1.71. The molecule has 0 spiro atoms.